The van der Waals surface area contributed by atoms with Crippen LogP contribution in [0.15, 0.2) is 5.28 Å². The molecule has 5 heteroatoms. The third-order valence-electron chi connectivity index (χ3n) is 1.98. The minimum Gasteiger partial charge on any atom is -0.597 e. The number of hydroxylamine groups is 1. The van der Waals surface area contributed by atoms with E-state index in [0.29, 0.717) is 4.86 Å². The molecule has 0 radical (unpaired) electrons. The fourth-order valence-corrected chi connectivity index (χ4v) is 1.37. The third-order valence-corrected chi connectivity index (χ3v) is 1.98. The van der Waals surface area contributed by atoms with Gasteiger partial charge in [0, 0.05) is 12.8 Å². The van der Waals surface area contributed by atoms with Crippen molar-refractivity contribution in [1.82, 2.24) is 0 Å². The summed E-state index contributed by atoms with van der Waals surface area (Å²) in [4.78, 5) is 0.416. The summed E-state index contributed by atoms with van der Waals surface area (Å²) < 4.78 is 0. The van der Waals surface area contributed by atoms with Crippen molar-refractivity contribution in [2.24, 2.45) is 5.28 Å². The van der Waals surface area contributed by atoms with Gasteiger partial charge in [-0.15, -0.1) is 0 Å². The summed E-state index contributed by atoms with van der Waals surface area (Å²) >= 11 is 0. The summed E-state index contributed by atoms with van der Waals surface area (Å²) in [6.07, 6.45) is 5.11. The van der Waals surface area contributed by atoms with Gasteiger partial charge in [0.15, 0.2) is 11.3 Å². The van der Waals surface area contributed by atoms with Gasteiger partial charge in [-0.1, -0.05) is 11.3 Å². The van der Waals surface area contributed by atoms with Crippen LogP contribution >= 0.6 is 0 Å². The predicted molar refractivity (Wildman–Crippen MR) is 34.7 cm³/mol. The summed E-state index contributed by atoms with van der Waals surface area (Å²) in [6, 6.07) is -0.0706. The van der Waals surface area contributed by atoms with E-state index < -0.39 is 0 Å². The van der Waals surface area contributed by atoms with E-state index in [2.05, 4.69) is 5.28 Å². The zero-order chi connectivity index (χ0) is 7.40. The standard InChI is InChI=1S/C6H12N2O2.K/c9-7-8(10)6-4-2-1-3-5-6;/h6,9H,1-5H2;/q;+1/b8-7-;. The van der Waals surface area contributed by atoms with E-state index in [0.717, 1.165) is 25.7 Å². The van der Waals surface area contributed by atoms with E-state index in [4.69, 9.17) is 5.21 Å². The first-order valence-corrected chi connectivity index (χ1v) is 3.66. The molecule has 0 aliphatic heterocycles. The quantitative estimate of drug-likeness (QED) is 0.237. The Hall–Kier alpha value is 0.836. The van der Waals surface area contributed by atoms with Crippen LogP contribution in [0.2, 0.25) is 0 Å². The van der Waals surface area contributed by atoms with Gasteiger partial charge < -0.3 is 10.4 Å². The Labute approximate surface area is 109 Å². The number of nitrogens with zero attached hydrogens (tertiary/aromatic N) is 2. The van der Waals surface area contributed by atoms with Crippen molar-refractivity contribution >= 4 is 0 Å². The van der Waals surface area contributed by atoms with Crippen molar-refractivity contribution in [1.29, 1.82) is 0 Å². The van der Waals surface area contributed by atoms with Gasteiger partial charge in [-0.05, 0) is 12.8 Å². The van der Waals surface area contributed by atoms with E-state index in [1.54, 1.807) is 0 Å². The minimum atomic E-state index is -0.0706. The molecule has 0 atom stereocenters. The first-order chi connectivity index (χ1) is 4.84. The maximum atomic E-state index is 10.7. The van der Waals surface area contributed by atoms with E-state index >= 15 is 0 Å². The van der Waals surface area contributed by atoms with E-state index in [-0.39, 0.29) is 57.4 Å². The van der Waals surface area contributed by atoms with Crippen molar-refractivity contribution in [3.63, 3.8) is 0 Å². The van der Waals surface area contributed by atoms with Crippen molar-refractivity contribution in [2.45, 2.75) is 38.1 Å². The number of rotatable bonds is 1. The fraction of sp³-hybridized carbons (Fsp3) is 1.00. The van der Waals surface area contributed by atoms with Crippen LogP contribution in [0.4, 0.5) is 0 Å². The van der Waals surface area contributed by atoms with Gasteiger partial charge >= 0.3 is 51.4 Å². The normalized spacial score (nSPS) is 20.9. The molecule has 0 aromatic heterocycles. The van der Waals surface area contributed by atoms with E-state index in [1.165, 1.54) is 6.42 Å². The maximum absolute atomic E-state index is 10.7. The number of hydrogen-bond donors (Lipinski definition) is 1. The molecule has 1 N–H and O–H groups in total. The van der Waals surface area contributed by atoms with Gasteiger partial charge in [0.25, 0.3) is 0 Å². The summed E-state index contributed by atoms with van der Waals surface area (Å²) in [6.45, 7) is 0. The Bertz CT molecular complexity index is 135. The molecule has 0 aromatic rings. The van der Waals surface area contributed by atoms with Crippen LogP contribution in [0.3, 0.4) is 0 Å². The minimum absolute atomic E-state index is 0. The SMILES string of the molecule is [K+].[O-]/[N+](=N\O)C1CCCCC1. The van der Waals surface area contributed by atoms with Crippen molar-refractivity contribution in [3.8, 4) is 0 Å². The summed E-state index contributed by atoms with van der Waals surface area (Å²) in [5, 5.41) is 21.4. The molecule has 0 spiro atoms. The molecule has 0 aromatic carbocycles. The van der Waals surface area contributed by atoms with Crippen molar-refractivity contribution in [3.05, 3.63) is 5.21 Å². The predicted octanol–water partition coefficient (Wildman–Crippen LogP) is -1.33. The average molecular weight is 183 g/mol. The van der Waals surface area contributed by atoms with Gasteiger partial charge in [0.1, 0.15) is 0 Å². The van der Waals surface area contributed by atoms with E-state index in [9.17, 15) is 5.21 Å². The second kappa shape index (κ2) is 6.36. The van der Waals surface area contributed by atoms with Crippen LogP contribution in [-0.4, -0.2) is 16.1 Å². The molecule has 1 rings (SSSR count). The Balaban J connectivity index is 0.000001000. The van der Waals surface area contributed by atoms with Gasteiger partial charge in [-0.2, -0.15) is 0 Å². The molecule has 0 amide bonds. The molecule has 11 heavy (non-hydrogen) atoms. The smallest absolute Gasteiger partial charge is 0.597 e. The average Bonchev–Trinajstić information content (AvgIpc) is 2.05. The molecule has 0 saturated heterocycles. The van der Waals surface area contributed by atoms with Gasteiger partial charge in [0.2, 0.25) is 0 Å². The summed E-state index contributed by atoms with van der Waals surface area (Å²) in [5.74, 6) is 0. The Morgan fingerprint density at radius 3 is 2.27 bits per heavy atom. The van der Waals surface area contributed by atoms with Crippen LogP contribution in [0.5, 0.6) is 0 Å². The van der Waals surface area contributed by atoms with Crippen LogP contribution < -0.4 is 51.4 Å². The molecule has 0 unspecified atom stereocenters. The molecule has 0 bridgehead atoms. The third kappa shape index (κ3) is 3.84. The van der Waals surface area contributed by atoms with Crippen molar-refractivity contribution in [2.75, 3.05) is 0 Å². The van der Waals surface area contributed by atoms with Crippen LogP contribution in [0.25, 0.3) is 0 Å². The molecular weight excluding hydrogens is 171 g/mol. The largest absolute Gasteiger partial charge is 1.00 e. The summed E-state index contributed by atoms with van der Waals surface area (Å²) in [5.41, 5.74) is 0. The van der Waals surface area contributed by atoms with Crippen molar-refractivity contribution < 1.29 is 61.5 Å². The zero-order valence-corrected chi connectivity index (χ0v) is 9.99. The first-order valence-electron chi connectivity index (χ1n) is 3.66. The monoisotopic (exact) mass is 183 g/mol. The van der Waals surface area contributed by atoms with Gasteiger partial charge in [-0.3, -0.25) is 0 Å². The van der Waals surface area contributed by atoms with E-state index in [1.807, 2.05) is 0 Å². The molecule has 58 valence electrons. The van der Waals surface area contributed by atoms with Crippen LogP contribution in [0, 0.1) is 5.21 Å². The Morgan fingerprint density at radius 1 is 1.27 bits per heavy atom. The fourth-order valence-electron chi connectivity index (χ4n) is 1.37. The molecule has 1 aliphatic rings. The second-order valence-electron chi connectivity index (χ2n) is 2.68. The molecule has 4 nitrogen and oxygen atoms in total. The van der Waals surface area contributed by atoms with Gasteiger partial charge in [-0.25, -0.2) is 0 Å². The van der Waals surface area contributed by atoms with Crippen LogP contribution in [-0.2, 0) is 0 Å². The second-order valence-corrected chi connectivity index (χ2v) is 2.68. The molecule has 0 heterocycles. The molecular formula is C6H12KN2O2+. The van der Waals surface area contributed by atoms with Crippen LogP contribution in [0.1, 0.15) is 32.1 Å². The molecule has 1 fully saturated rings. The molecule has 1 saturated carbocycles. The maximum Gasteiger partial charge on any atom is 1.00 e. The topological polar surface area (TPSA) is 58.7 Å². The first kappa shape index (κ1) is 11.8. The Kier molecular flexibility index (Phi) is 6.85. The summed E-state index contributed by atoms with van der Waals surface area (Å²) in [7, 11) is 0. The Morgan fingerprint density at radius 2 is 1.82 bits per heavy atom. The zero-order valence-electron chi connectivity index (χ0n) is 6.86. The number of hydrogen-bond acceptors (Lipinski definition) is 2. The van der Waals surface area contributed by atoms with Gasteiger partial charge in [0.05, 0.1) is 0 Å². The molecule has 1 aliphatic carbocycles.